The lowest BCUT2D eigenvalue weighted by molar-refractivity contribution is -0.136. The number of primary amides is 1. The second kappa shape index (κ2) is 5.85. The van der Waals surface area contributed by atoms with Crippen molar-refractivity contribution in [2.75, 3.05) is 26.3 Å². The van der Waals surface area contributed by atoms with Crippen LogP contribution in [-0.4, -0.2) is 53.2 Å². The molecule has 114 valence electrons. The number of rotatable bonds is 3. The molecule has 2 saturated heterocycles. The average molecular weight is 292 g/mol. The van der Waals surface area contributed by atoms with E-state index in [4.69, 9.17) is 10.5 Å². The fourth-order valence-corrected chi connectivity index (χ4v) is 3.07. The number of hydrogen-bond acceptors (Lipinski definition) is 4. The molecule has 2 fully saturated rings. The Morgan fingerprint density at radius 2 is 2.10 bits per heavy atom. The molecule has 3 rings (SSSR count). The van der Waals surface area contributed by atoms with Crippen molar-refractivity contribution in [1.29, 1.82) is 0 Å². The number of hydrogen-bond donors (Lipinski definition) is 2. The average Bonchev–Trinajstić information content (AvgIpc) is 3.18. The summed E-state index contributed by atoms with van der Waals surface area (Å²) in [6.07, 6.45) is 2.58. The predicted octanol–water partition coefficient (Wildman–Crippen LogP) is 0.251. The number of carbonyl (C=O) groups is 2. The van der Waals surface area contributed by atoms with Crippen LogP contribution in [0, 0.1) is 5.92 Å². The smallest absolute Gasteiger partial charge is 0.269 e. The van der Waals surface area contributed by atoms with Crippen LogP contribution in [-0.2, 0) is 9.53 Å². The van der Waals surface area contributed by atoms with E-state index in [0.717, 1.165) is 38.0 Å². The molecule has 0 spiro atoms. The molecule has 1 atom stereocenters. The van der Waals surface area contributed by atoms with Crippen molar-refractivity contribution in [2.24, 2.45) is 11.7 Å². The number of likely N-dealkylation sites (tertiary alicyclic amines) is 1. The van der Waals surface area contributed by atoms with Crippen LogP contribution in [0.5, 0.6) is 0 Å². The minimum absolute atomic E-state index is 0.0372. The van der Waals surface area contributed by atoms with E-state index >= 15 is 0 Å². The van der Waals surface area contributed by atoms with Crippen molar-refractivity contribution in [3.05, 3.63) is 17.5 Å². The normalized spacial score (nSPS) is 23.4. The first-order chi connectivity index (χ1) is 10.1. The highest BCUT2D eigenvalue weighted by Crippen LogP contribution is 2.28. The first-order valence-electron chi connectivity index (χ1n) is 7.37. The lowest BCUT2D eigenvalue weighted by Crippen LogP contribution is -2.41. The molecule has 1 aromatic rings. The number of carbonyl (C=O) groups excluding carboxylic acids is 2. The molecule has 0 radical (unpaired) electrons. The van der Waals surface area contributed by atoms with E-state index < -0.39 is 5.91 Å². The third kappa shape index (κ3) is 2.92. The Bertz CT molecular complexity index is 528. The van der Waals surface area contributed by atoms with Gasteiger partial charge in [0.2, 0.25) is 5.91 Å². The Morgan fingerprint density at radius 1 is 1.33 bits per heavy atom. The Kier molecular flexibility index (Phi) is 3.92. The first-order valence-corrected chi connectivity index (χ1v) is 7.37. The highest BCUT2D eigenvalue weighted by Gasteiger charge is 2.31. The maximum atomic E-state index is 12.3. The van der Waals surface area contributed by atoms with E-state index in [-0.39, 0.29) is 17.5 Å². The summed E-state index contributed by atoms with van der Waals surface area (Å²) in [7, 11) is 0. The van der Waals surface area contributed by atoms with Gasteiger partial charge < -0.3 is 15.4 Å². The minimum Gasteiger partial charge on any atom is -0.381 e. The van der Waals surface area contributed by atoms with Gasteiger partial charge in [-0.15, -0.1) is 0 Å². The maximum Gasteiger partial charge on any atom is 0.269 e. The molecule has 7 nitrogen and oxygen atoms in total. The highest BCUT2D eigenvalue weighted by molar-refractivity contribution is 5.90. The van der Waals surface area contributed by atoms with Crippen LogP contribution in [0.25, 0.3) is 0 Å². The second-order valence-corrected chi connectivity index (χ2v) is 5.73. The topological polar surface area (TPSA) is 101 Å². The van der Waals surface area contributed by atoms with E-state index in [9.17, 15) is 9.59 Å². The van der Waals surface area contributed by atoms with Crippen molar-refractivity contribution in [3.8, 4) is 0 Å². The number of nitrogens with zero attached hydrogens (tertiary/aromatic N) is 2. The standard InChI is InChI=1S/C14H20N4O3/c15-13(19)12-7-11(16-17-12)9-1-4-18(5-2-9)14(20)10-3-6-21-8-10/h7,9-10H,1-6,8H2,(H2,15,19)(H,16,17). The summed E-state index contributed by atoms with van der Waals surface area (Å²) in [5.41, 5.74) is 6.40. The van der Waals surface area contributed by atoms with E-state index in [0.29, 0.717) is 19.1 Å². The highest BCUT2D eigenvalue weighted by atomic mass is 16.5. The number of aromatic amines is 1. The molecule has 0 aromatic carbocycles. The van der Waals surface area contributed by atoms with Crippen LogP contribution in [0.3, 0.4) is 0 Å². The summed E-state index contributed by atoms with van der Waals surface area (Å²) in [6, 6.07) is 1.72. The molecule has 2 aliphatic rings. The van der Waals surface area contributed by atoms with Crippen molar-refractivity contribution >= 4 is 11.8 Å². The molecule has 21 heavy (non-hydrogen) atoms. The first kappa shape index (κ1) is 14.1. The van der Waals surface area contributed by atoms with Crippen LogP contribution in [0.2, 0.25) is 0 Å². The summed E-state index contributed by atoms with van der Waals surface area (Å²) in [5, 5.41) is 6.79. The van der Waals surface area contributed by atoms with Gasteiger partial charge in [0.25, 0.3) is 5.91 Å². The van der Waals surface area contributed by atoms with Gasteiger partial charge >= 0.3 is 0 Å². The number of nitrogens with one attached hydrogen (secondary N) is 1. The minimum atomic E-state index is -0.522. The van der Waals surface area contributed by atoms with Gasteiger partial charge in [0.1, 0.15) is 5.69 Å². The van der Waals surface area contributed by atoms with E-state index in [2.05, 4.69) is 10.2 Å². The summed E-state index contributed by atoms with van der Waals surface area (Å²) in [6.45, 7) is 2.73. The van der Waals surface area contributed by atoms with Crippen LogP contribution in [0.1, 0.15) is 41.4 Å². The van der Waals surface area contributed by atoms with Crippen LogP contribution in [0.15, 0.2) is 6.07 Å². The molecule has 7 heteroatoms. The summed E-state index contributed by atoms with van der Waals surface area (Å²) >= 11 is 0. The van der Waals surface area contributed by atoms with Crippen molar-refractivity contribution in [1.82, 2.24) is 15.1 Å². The quantitative estimate of drug-likeness (QED) is 0.833. The Balaban J connectivity index is 1.56. The maximum absolute atomic E-state index is 12.3. The molecule has 2 amide bonds. The summed E-state index contributed by atoms with van der Waals surface area (Å²) in [4.78, 5) is 25.3. The predicted molar refractivity (Wildman–Crippen MR) is 74.6 cm³/mol. The fourth-order valence-electron chi connectivity index (χ4n) is 3.07. The number of aromatic nitrogens is 2. The Morgan fingerprint density at radius 3 is 2.67 bits per heavy atom. The van der Waals surface area contributed by atoms with Gasteiger partial charge in [-0.05, 0) is 25.3 Å². The molecule has 3 heterocycles. The van der Waals surface area contributed by atoms with Crippen LogP contribution >= 0.6 is 0 Å². The molecule has 1 unspecified atom stereocenters. The van der Waals surface area contributed by atoms with Gasteiger partial charge in [-0.25, -0.2) is 0 Å². The van der Waals surface area contributed by atoms with E-state index in [1.54, 1.807) is 6.07 Å². The number of nitrogens with two attached hydrogens (primary N) is 1. The Labute approximate surface area is 122 Å². The van der Waals surface area contributed by atoms with Gasteiger partial charge in [-0.1, -0.05) is 0 Å². The fraction of sp³-hybridized carbons (Fsp3) is 0.643. The second-order valence-electron chi connectivity index (χ2n) is 5.73. The molecule has 0 bridgehead atoms. The van der Waals surface area contributed by atoms with Crippen molar-refractivity contribution in [2.45, 2.75) is 25.2 Å². The van der Waals surface area contributed by atoms with Gasteiger partial charge in [0, 0.05) is 31.3 Å². The van der Waals surface area contributed by atoms with Gasteiger partial charge in [-0.2, -0.15) is 5.10 Å². The molecular formula is C14H20N4O3. The third-order valence-electron chi connectivity index (χ3n) is 4.38. The zero-order chi connectivity index (χ0) is 14.8. The molecular weight excluding hydrogens is 272 g/mol. The van der Waals surface area contributed by atoms with E-state index in [1.165, 1.54) is 0 Å². The number of piperidine rings is 1. The lowest BCUT2D eigenvalue weighted by atomic mass is 9.92. The molecule has 2 aliphatic heterocycles. The molecule has 1 aromatic heterocycles. The Hall–Kier alpha value is -1.89. The monoisotopic (exact) mass is 292 g/mol. The van der Waals surface area contributed by atoms with Crippen LogP contribution in [0.4, 0.5) is 0 Å². The molecule has 0 aliphatic carbocycles. The van der Waals surface area contributed by atoms with Crippen LogP contribution < -0.4 is 5.73 Å². The van der Waals surface area contributed by atoms with E-state index in [1.807, 2.05) is 4.90 Å². The lowest BCUT2D eigenvalue weighted by Gasteiger charge is -2.32. The number of H-pyrrole nitrogens is 1. The van der Waals surface area contributed by atoms with Gasteiger partial charge in [0.15, 0.2) is 0 Å². The largest absolute Gasteiger partial charge is 0.381 e. The summed E-state index contributed by atoms with van der Waals surface area (Å²) in [5.74, 6) is 0.0318. The third-order valence-corrected chi connectivity index (χ3v) is 4.38. The zero-order valence-electron chi connectivity index (χ0n) is 11.9. The SMILES string of the molecule is NC(=O)c1cc(C2CCN(C(=O)C3CCOC3)CC2)[nH]n1. The number of ether oxygens (including phenoxy) is 1. The van der Waals surface area contributed by atoms with Crippen molar-refractivity contribution < 1.29 is 14.3 Å². The van der Waals surface area contributed by atoms with Gasteiger partial charge in [-0.3, -0.25) is 14.7 Å². The molecule has 0 saturated carbocycles. The molecule has 3 N–H and O–H groups in total. The van der Waals surface area contributed by atoms with Crippen molar-refractivity contribution in [3.63, 3.8) is 0 Å². The zero-order valence-corrected chi connectivity index (χ0v) is 11.9. The summed E-state index contributed by atoms with van der Waals surface area (Å²) < 4.78 is 5.28. The number of amides is 2. The van der Waals surface area contributed by atoms with Gasteiger partial charge in [0.05, 0.1) is 12.5 Å².